The zero-order valence-electron chi connectivity index (χ0n) is 18.4. The van der Waals surface area contributed by atoms with E-state index in [2.05, 4.69) is 21.0 Å². The van der Waals surface area contributed by atoms with Gasteiger partial charge in [-0.05, 0) is 36.4 Å². The van der Waals surface area contributed by atoms with Crippen LogP contribution in [0.25, 0.3) is 4.96 Å². The molecule has 0 bridgehead atoms. The first kappa shape index (κ1) is 21.8. The summed E-state index contributed by atoms with van der Waals surface area (Å²) in [5.41, 5.74) is 2.17. The lowest BCUT2D eigenvalue weighted by Gasteiger charge is -2.37. The van der Waals surface area contributed by atoms with Crippen LogP contribution in [0.2, 0.25) is 5.02 Å². The number of nitrogens with one attached hydrogen (secondary N) is 1. The van der Waals surface area contributed by atoms with Gasteiger partial charge in [-0.15, -0.1) is 0 Å². The zero-order chi connectivity index (χ0) is 22.9. The summed E-state index contributed by atoms with van der Waals surface area (Å²) in [6, 6.07) is 13.8. The number of rotatable bonds is 6. The standard InChI is InChI=1S/C23H24ClN5O3S/c1-31-18-7-6-15(12-19(18)32-2)20(21-22(30)29-23(33-21)25-14-26-29)28-10-8-27(9-11-28)17-5-3-4-16(24)13-17/h3-7,12-14,20,30H,8-11H2,1-2H3/p+1/t20-/m0/s1. The van der Waals surface area contributed by atoms with Gasteiger partial charge in [-0.1, -0.05) is 29.0 Å². The number of quaternary nitrogens is 1. The van der Waals surface area contributed by atoms with Gasteiger partial charge in [0.2, 0.25) is 10.8 Å². The van der Waals surface area contributed by atoms with Crippen LogP contribution in [-0.2, 0) is 0 Å². The van der Waals surface area contributed by atoms with Crippen LogP contribution >= 0.6 is 22.9 Å². The molecule has 4 aromatic rings. The van der Waals surface area contributed by atoms with Crippen LogP contribution in [0.5, 0.6) is 17.4 Å². The molecule has 2 aromatic heterocycles. The Morgan fingerprint density at radius 3 is 2.58 bits per heavy atom. The third kappa shape index (κ3) is 4.07. The quantitative estimate of drug-likeness (QED) is 0.436. The molecule has 1 saturated heterocycles. The minimum absolute atomic E-state index is 0.0974. The van der Waals surface area contributed by atoms with Gasteiger partial charge in [0.05, 0.1) is 40.4 Å². The van der Waals surface area contributed by atoms with Gasteiger partial charge in [0.1, 0.15) is 11.2 Å². The Labute approximate surface area is 200 Å². The Hall–Kier alpha value is -3.01. The van der Waals surface area contributed by atoms with Gasteiger partial charge in [-0.3, -0.25) is 0 Å². The first-order valence-electron chi connectivity index (χ1n) is 10.7. The van der Waals surface area contributed by atoms with Crippen LogP contribution in [-0.4, -0.2) is 60.1 Å². The number of nitrogens with zero attached hydrogens (tertiary/aromatic N) is 4. The SMILES string of the molecule is COc1ccc([C@@H](c2sc3ncnn3c2O)[NH+]2CCN(c3cccc(Cl)c3)CC2)cc1OC. The molecular formula is C23H25ClN5O3S+. The largest absolute Gasteiger partial charge is 0.493 e. The summed E-state index contributed by atoms with van der Waals surface area (Å²) >= 11 is 7.67. The fraction of sp³-hybridized carbons (Fsp3) is 0.304. The molecule has 172 valence electrons. The van der Waals surface area contributed by atoms with Crippen molar-refractivity contribution in [2.45, 2.75) is 6.04 Å². The number of hydrogen-bond donors (Lipinski definition) is 2. The van der Waals surface area contributed by atoms with Crippen molar-refractivity contribution >= 4 is 33.6 Å². The third-order valence-electron chi connectivity index (χ3n) is 6.13. The van der Waals surface area contributed by atoms with Crippen LogP contribution in [0.3, 0.4) is 0 Å². The number of aromatic nitrogens is 3. The Morgan fingerprint density at radius 1 is 1.09 bits per heavy atom. The summed E-state index contributed by atoms with van der Waals surface area (Å²) in [7, 11) is 3.26. The maximum atomic E-state index is 11.0. The monoisotopic (exact) mass is 486 g/mol. The van der Waals surface area contributed by atoms with E-state index in [1.165, 1.54) is 27.1 Å². The molecule has 1 fully saturated rings. The predicted octanol–water partition coefficient (Wildman–Crippen LogP) is 2.66. The van der Waals surface area contributed by atoms with Gasteiger partial charge in [-0.2, -0.15) is 9.61 Å². The first-order valence-corrected chi connectivity index (χ1v) is 11.9. The van der Waals surface area contributed by atoms with Crippen LogP contribution in [0.1, 0.15) is 16.5 Å². The molecular weight excluding hydrogens is 462 g/mol. The van der Waals surface area contributed by atoms with E-state index in [1.54, 1.807) is 14.2 Å². The van der Waals surface area contributed by atoms with Gasteiger partial charge in [0, 0.05) is 16.3 Å². The van der Waals surface area contributed by atoms with E-state index < -0.39 is 0 Å². The molecule has 8 nitrogen and oxygen atoms in total. The van der Waals surface area contributed by atoms with Gasteiger partial charge >= 0.3 is 0 Å². The Balaban J connectivity index is 1.50. The summed E-state index contributed by atoms with van der Waals surface area (Å²) in [4.78, 5) is 9.48. The van der Waals surface area contributed by atoms with Crippen LogP contribution in [0.15, 0.2) is 48.8 Å². The molecule has 2 N–H and O–H groups in total. The zero-order valence-corrected chi connectivity index (χ0v) is 19.9. The van der Waals surface area contributed by atoms with E-state index in [0.29, 0.717) is 16.5 Å². The molecule has 33 heavy (non-hydrogen) atoms. The van der Waals surface area contributed by atoms with Crippen molar-refractivity contribution in [2.75, 3.05) is 45.3 Å². The number of hydrogen-bond acceptors (Lipinski definition) is 7. The van der Waals surface area contributed by atoms with E-state index in [4.69, 9.17) is 21.1 Å². The van der Waals surface area contributed by atoms with Crippen LogP contribution in [0.4, 0.5) is 5.69 Å². The highest BCUT2D eigenvalue weighted by Crippen LogP contribution is 2.37. The minimum Gasteiger partial charge on any atom is -0.493 e. The summed E-state index contributed by atoms with van der Waals surface area (Å²) in [6.07, 6.45) is 1.46. The second-order valence-electron chi connectivity index (χ2n) is 7.92. The Morgan fingerprint density at radius 2 is 1.88 bits per heavy atom. The van der Waals surface area contributed by atoms with E-state index in [-0.39, 0.29) is 11.9 Å². The molecule has 0 amide bonds. The lowest BCUT2D eigenvalue weighted by molar-refractivity contribution is -0.925. The maximum Gasteiger partial charge on any atom is 0.235 e. The molecule has 0 spiro atoms. The van der Waals surface area contributed by atoms with E-state index >= 15 is 0 Å². The molecule has 10 heteroatoms. The average Bonchev–Trinajstić information content (AvgIpc) is 3.43. The molecule has 0 radical (unpaired) electrons. The maximum absolute atomic E-state index is 11.0. The lowest BCUT2D eigenvalue weighted by Crippen LogP contribution is -3.15. The molecule has 0 unspecified atom stereocenters. The molecule has 5 rings (SSSR count). The van der Waals surface area contributed by atoms with Crippen molar-refractivity contribution < 1.29 is 19.5 Å². The third-order valence-corrected chi connectivity index (χ3v) is 7.46. The van der Waals surface area contributed by atoms with E-state index in [9.17, 15) is 5.11 Å². The molecule has 2 aromatic carbocycles. The Bertz CT molecular complexity index is 1270. The van der Waals surface area contributed by atoms with Gasteiger partial charge in [0.25, 0.3) is 0 Å². The van der Waals surface area contributed by atoms with Gasteiger partial charge < -0.3 is 24.4 Å². The second-order valence-corrected chi connectivity index (χ2v) is 9.36. The first-order chi connectivity index (χ1) is 16.1. The number of halogens is 1. The Kier molecular flexibility index (Phi) is 6.01. The summed E-state index contributed by atoms with van der Waals surface area (Å²) in [5, 5.41) is 15.9. The number of anilines is 1. The molecule has 0 aliphatic carbocycles. The molecule has 1 aliphatic heterocycles. The molecule has 0 saturated carbocycles. The van der Waals surface area contributed by atoms with Crippen molar-refractivity contribution in [3.05, 3.63) is 64.3 Å². The fourth-order valence-electron chi connectivity index (χ4n) is 4.50. The predicted molar refractivity (Wildman–Crippen MR) is 128 cm³/mol. The van der Waals surface area contributed by atoms with Crippen molar-refractivity contribution in [1.82, 2.24) is 14.6 Å². The average molecular weight is 487 g/mol. The number of aromatic hydroxyl groups is 1. The summed E-state index contributed by atoms with van der Waals surface area (Å²) in [5.74, 6) is 1.47. The van der Waals surface area contributed by atoms with Crippen molar-refractivity contribution in [2.24, 2.45) is 0 Å². The van der Waals surface area contributed by atoms with Crippen molar-refractivity contribution in [3.63, 3.8) is 0 Å². The van der Waals surface area contributed by atoms with Gasteiger partial charge in [0.15, 0.2) is 17.5 Å². The van der Waals surface area contributed by atoms with E-state index in [1.807, 2.05) is 36.4 Å². The van der Waals surface area contributed by atoms with Crippen molar-refractivity contribution in [1.29, 1.82) is 0 Å². The van der Waals surface area contributed by atoms with Crippen LogP contribution in [0, 0.1) is 0 Å². The summed E-state index contributed by atoms with van der Waals surface area (Å²) in [6.45, 7) is 3.53. The van der Waals surface area contributed by atoms with Gasteiger partial charge in [-0.25, -0.2) is 4.98 Å². The number of thiazole rings is 1. The molecule has 3 heterocycles. The lowest BCUT2D eigenvalue weighted by atomic mass is 10.0. The minimum atomic E-state index is -0.0974. The summed E-state index contributed by atoms with van der Waals surface area (Å²) < 4.78 is 12.5. The topological polar surface area (TPSA) is 76.6 Å². The van der Waals surface area contributed by atoms with E-state index in [0.717, 1.165) is 47.3 Å². The van der Waals surface area contributed by atoms with Crippen molar-refractivity contribution in [3.8, 4) is 17.4 Å². The highest BCUT2D eigenvalue weighted by atomic mass is 35.5. The number of fused-ring (bicyclic) bond motifs is 1. The number of methoxy groups -OCH3 is 2. The highest BCUT2D eigenvalue weighted by Gasteiger charge is 2.35. The number of piperazine rings is 1. The smallest absolute Gasteiger partial charge is 0.235 e. The molecule has 1 atom stereocenters. The molecule has 1 aliphatic rings. The fourth-order valence-corrected chi connectivity index (χ4v) is 5.80. The normalized spacial score (nSPS) is 15.7. The number of ether oxygens (including phenoxy) is 2. The highest BCUT2D eigenvalue weighted by molar-refractivity contribution is 7.17. The number of benzene rings is 2. The van der Waals surface area contributed by atoms with Crippen LogP contribution < -0.4 is 19.3 Å². The second kappa shape index (κ2) is 9.09.